The van der Waals surface area contributed by atoms with E-state index in [4.69, 9.17) is 0 Å². The normalized spacial score (nSPS) is 13.8. The zero-order valence-electron chi connectivity index (χ0n) is 35.0. The van der Waals surface area contributed by atoms with Gasteiger partial charge in [0.1, 0.15) is 0 Å². The van der Waals surface area contributed by atoms with Gasteiger partial charge in [-0.15, -0.1) is 0 Å². The number of aromatic nitrogens is 1. The largest absolute Gasteiger partial charge is 0.313 e. The summed E-state index contributed by atoms with van der Waals surface area (Å²) in [6.07, 6.45) is 7.79. The second-order valence-corrected chi connectivity index (χ2v) is 16.5. The second kappa shape index (κ2) is 16.5. The molecule has 63 heavy (non-hydrogen) atoms. The Morgan fingerprint density at radius 3 is 1.41 bits per heavy atom. The zero-order chi connectivity index (χ0) is 42.0. The van der Waals surface area contributed by atoms with Gasteiger partial charge >= 0.3 is 0 Å². The lowest BCUT2D eigenvalue weighted by Gasteiger charge is -2.37. The van der Waals surface area contributed by atoms with Crippen LogP contribution < -0.4 is 4.90 Å². The fourth-order valence-electron chi connectivity index (χ4n) is 9.99. The third-order valence-electron chi connectivity index (χ3n) is 12.9. The van der Waals surface area contributed by atoms with Crippen molar-refractivity contribution in [3.63, 3.8) is 0 Å². The van der Waals surface area contributed by atoms with Gasteiger partial charge in [0.15, 0.2) is 0 Å². The van der Waals surface area contributed by atoms with Crippen molar-refractivity contribution in [2.75, 3.05) is 4.90 Å². The van der Waals surface area contributed by atoms with Crippen LogP contribution >= 0.6 is 0 Å². The number of anilines is 3. The molecule has 0 saturated heterocycles. The van der Waals surface area contributed by atoms with Crippen LogP contribution in [0.3, 0.4) is 0 Å². The molecular formula is C61H46N2. The van der Waals surface area contributed by atoms with E-state index in [1.165, 1.54) is 66.4 Å². The Morgan fingerprint density at radius 2 is 0.857 bits per heavy atom. The molecule has 1 aliphatic rings. The van der Waals surface area contributed by atoms with Crippen molar-refractivity contribution in [2.45, 2.75) is 17.8 Å². The number of rotatable bonds is 10. The van der Waals surface area contributed by atoms with E-state index in [0.29, 0.717) is 0 Å². The van der Waals surface area contributed by atoms with E-state index in [1.807, 2.05) is 0 Å². The molecule has 1 heterocycles. The molecular weight excluding hydrogens is 761 g/mol. The van der Waals surface area contributed by atoms with E-state index in [-0.39, 0.29) is 5.92 Å². The second-order valence-electron chi connectivity index (χ2n) is 16.5. The van der Waals surface area contributed by atoms with Crippen molar-refractivity contribution in [2.24, 2.45) is 0 Å². The summed E-state index contributed by atoms with van der Waals surface area (Å²) in [5.41, 5.74) is 15.2. The third kappa shape index (κ3) is 6.87. The van der Waals surface area contributed by atoms with Crippen molar-refractivity contribution < 1.29 is 0 Å². The Labute approximate surface area is 370 Å². The van der Waals surface area contributed by atoms with E-state index in [1.54, 1.807) is 0 Å². The maximum atomic E-state index is 2.46. The summed E-state index contributed by atoms with van der Waals surface area (Å²) in [5.74, 6) is 0.246. The Balaban J connectivity index is 0.993. The fraction of sp³-hybridized carbons (Fsp3) is 0.0492. The van der Waals surface area contributed by atoms with Gasteiger partial charge in [-0.3, -0.25) is 0 Å². The van der Waals surface area contributed by atoms with E-state index in [9.17, 15) is 0 Å². The van der Waals surface area contributed by atoms with Crippen molar-refractivity contribution >= 4 is 44.6 Å². The number of allylic oxidation sites excluding steroid dienone is 4. The van der Waals surface area contributed by atoms with Gasteiger partial charge in [-0.1, -0.05) is 206 Å². The molecule has 0 bridgehead atoms. The number of para-hydroxylation sites is 2. The number of nitrogens with zero attached hydrogens (tertiary/aromatic N) is 2. The molecule has 2 heteroatoms. The number of hydrogen-bond acceptors (Lipinski definition) is 1. The van der Waals surface area contributed by atoms with Crippen LogP contribution in [-0.4, -0.2) is 4.57 Å². The number of fused-ring (bicyclic) bond motifs is 3. The molecule has 0 radical (unpaired) electrons. The fourth-order valence-corrected chi connectivity index (χ4v) is 9.99. The van der Waals surface area contributed by atoms with Gasteiger partial charge < -0.3 is 9.47 Å². The Kier molecular flexibility index (Phi) is 9.95. The summed E-state index contributed by atoms with van der Waals surface area (Å²) in [7, 11) is 0. The van der Waals surface area contributed by atoms with Crippen LogP contribution in [0.15, 0.2) is 261 Å². The first-order valence-electron chi connectivity index (χ1n) is 21.9. The van der Waals surface area contributed by atoms with Crippen LogP contribution in [0.2, 0.25) is 0 Å². The highest BCUT2D eigenvalue weighted by molar-refractivity contribution is 6.10. The molecule has 10 aromatic rings. The molecule has 0 aliphatic heterocycles. The van der Waals surface area contributed by atoms with E-state index < -0.39 is 5.41 Å². The van der Waals surface area contributed by atoms with Gasteiger partial charge in [-0.25, -0.2) is 0 Å². The van der Waals surface area contributed by atoms with E-state index in [0.717, 1.165) is 23.5 Å². The standard InChI is InChI=1S/C61H46N2/c1-5-19-45(20-6-1)47-21-17-29-55(43-47)62(54-41-37-52(38-42-54)61(49-23-7-2-8-24-49,50-25-9-3-10-26-50)51-27-11-4-12-28-51)53-39-35-46(36-40-53)48-22-18-30-56(44-48)63-59-33-15-13-31-57(59)58-32-14-16-34-60(58)63/h1-43,48H,44H2. The predicted molar refractivity (Wildman–Crippen MR) is 265 cm³/mol. The molecule has 1 aromatic heterocycles. The van der Waals surface area contributed by atoms with Gasteiger partial charge in [0, 0.05) is 39.4 Å². The monoisotopic (exact) mass is 806 g/mol. The summed E-state index contributed by atoms with van der Waals surface area (Å²) in [6.45, 7) is 0. The van der Waals surface area contributed by atoms with Crippen LogP contribution in [-0.2, 0) is 5.41 Å². The minimum absolute atomic E-state index is 0.246. The highest BCUT2D eigenvalue weighted by Crippen LogP contribution is 2.47. The van der Waals surface area contributed by atoms with Crippen molar-refractivity contribution in [3.8, 4) is 11.1 Å². The number of benzene rings is 9. The average molecular weight is 807 g/mol. The average Bonchev–Trinajstić information content (AvgIpc) is 3.71. The molecule has 2 nitrogen and oxygen atoms in total. The molecule has 1 atom stereocenters. The smallest absolute Gasteiger partial charge is 0.0701 e. The predicted octanol–water partition coefficient (Wildman–Crippen LogP) is 15.9. The minimum Gasteiger partial charge on any atom is -0.313 e. The lowest BCUT2D eigenvalue weighted by Crippen LogP contribution is -2.31. The van der Waals surface area contributed by atoms with Crippen molar-refractivity contribution in [1.29, 1.82) is 0 Å². The minimum atomic E-state index is -0.526. The van der Waals surface area contributed by atoms with Crippen molar-refractivity contribution in [1.82, 2.24) is 4.57 Å². The van der Waals surface area contributed by atoms with Gasteiger partial charge in [0.05, 0.1) is 16.4 Å². The molecule has 0 N–H and O–H groups in total. The molecule has 1 unspecified atom stereocenters. The van der Waals surface area contributed by atoms with E-state index in [2.05, 4.69) is 270 Å². The molecule has 300 valence electrons. The lowest BCUT2D eigenvalue weighted by molar-refractivity contribution is 0.745. The molecule has 11 rings (SSSR count). The first-order chi connectivity index (χ1) is 31.3. The molecule has 0 spiro atoms. The van der Waals surface area contributed by atoms with Gasteiger partial charge in [-0.05, 0) is 100.0 Å². The molecule has 0 amide bonds. The van der Waals surface area contributed by atoms with Gasteiger partial charge in [-0.2, -0.15) is 0 Å². The highest BCUT2D eigenvalue weighted by Gasteiger charge is 2.38. The maximum absolute atomic E-state index is 2.46. The van der Waals surface area contributed by atoms with Crippen LogP contribution in [0.4, 0.5) is 17.1 Å². The maximum Gasteiger partial charge on any atom is 0.0701 e. The molecule has 0 fully saturated rings. The summed E-state index contributed by atoms with van der Waals surface area (Å²) < 4.78 is 2.46. The first kappa shape index (κ1) is 38.0. The number of hydrogen-bond donors (Lipinski definition) is 0. The van der Waals surface area contributed by atoms with Gasteiger partial charge in [0.2, 0.25) is 0 Å². The molecule has 1 aliphatic carbocycles. The third-order valence-corrected chi connectivity index (χ3v) is 12.9. The lowest BCUT2D eigenvalue weighted by atomic mass is 9.65. The Bertz CT molecular complexity index is 3070. The Hall–Kier alpha value is -7.94. The highest BCUT2D eigenvalue weighted by atomic mass is 15.1. The SMILES string of the molecule is C1=CC(c2ccc(N(c3ccc(C(c4ccccc4)(c4ccccc4)c4ccccc4)cc3)c3cccc(-c4ccccc4)c3)cc2)CC(n2c3ccccc3c3ccccc32)=C1. The summed E-state index contributed by atoms with van der Waals surface area (Å²) in [6, 6.07) is 88.5. The molecule has 9 aromatic carbocycles. The summed E-state index contributed by atoms with van der Waals surface area (Å²) in [5, 5.41) is 2.58. The zero-order valence-corrected chi connectivity index (χ0v) is 35.0. The van der Waals surface area contributed by atoms with Crippen LogP contribution in [0.5, 0.6) is 0 Å². The van der Waals surface area contributed by atoms with Crippen LogP contribution in [0, 0.1) is 0 Å². The quantitative estimate of drug-likeness (QED) is 0.125. The first-order valence-corrected chi connectivity index (χ1v) is 21.9. The van der Waals surface area contributed by atoms with Gasteiger partial charge in [0.25, 0.3) is 0 Å². The van der Waals surface area contributed by atoms with E-state index >= 15 is 0 Å². The summed E-state index contributed by atoms with van der Waals surface area (Å²) >= 11 is 0. The summed E-state index contributed by atoms with van der Waals surface area (Å²) in [4.78, 5) is 2.40. The van der Waals surface area contributed by atoms with Crippen LogP contribution in [0.25, 0.3) is 38.6 Å². The Morgan fingerprint density at radius 1 is 0.397 bits per heavy atom. The topological polar surface area (TPSA) is 8.17 Å². The van der Waals surface area contributed by atoms with Crippen molar-refractivity contribution in [3.05, 3.63) is 289 Å². The molecule has 0 saturated carbocycles. The van der Waals surface area contributed by atoms with Crippen LogP contribution in [0.1, 0.15) is 40.2 Å².